The number of rotatable bonds is 3. The Bertz CT molecular complexity index is 659. The van der Waals surface area contributed by atoms with Crippen LogP contribution < -0.4 is 15.7 Å². The van der Waals surface area contributed by atoms with Crippen molar-refractivity contribution in [1.82, 2.24) is 0 Å². The second kappa shape index (κ2) is 5.94. The summed E-state index contributed by atoms with van der Waals surface area (Å²) in [6.45, 7) is 1.17. The minimum absolute atomic E-state index is 0.0532. The Balaban J connectivity index is 1.78. The number of nitrogens with zero attached hydrogens (tertiary/aromatic N) is 2. The van der Waals surface area contributed by atoms with Gasteiger partial charge in [0.05, 0.1) is 12.2 Å². The van der Waals surface area contributed by atoms with E-state index in [1.54, 1.807) is 12.1 Å². The number of benzene rings is 2. The molecule has 0 spiro atoms. The molecule has 0 aromatic heterocycles. The minimum Gasteiger partial charge on any atom is -0.370 e. The molecule has 0 saturated heterocycles. The molecular weight excluding hydrogens is 281 g/mol. The second-order valence-corrected chi connectivity index (χ2v) is 5.84. The highest BCUT2D eigenvalue weighted by molar-refractivity contribution is 5.56. The van der Waals surface area contributed by atoms with Crippen LogP contribution in [0.2, 0.25) is 0 Å². The molecule has 22 heavy (non-hydrogen) atoms. The van der Waals surface area contributed by atoms with Crippen LogP contribution in [-0.2, 0) is 13.0 Å². The molecule has 0 fully saturated rings. The SMILES string of the molecule is CN(Cc1ccc2c(c1)C[C@H](N)CN2O)c1ccc(F)cc1. The van der Waals surface area contributed by atoms with Crippen LogP contribution in [-0.4, -0.2) is 24.8 Å². The maximum Gasteiger partial charge on any atom is 0.123 e. The number of hydroxylamine groups is 1. The summed E-state index contributed by atoms with van der Waals surface area (Å²) in [4.78, 5) is 2.06. The predicted octanol–water partition coefficient (Wildman–Crippen LogP) is 2.54. The van der Waals surface area contributed by atoms with Gasteiger partial charge in [-0.15, -0.1) is 0 Å². The first-order chi connectivity index (χ1) is 10.5. The largest absolute Gasteiger partial charge is 0.370 e. The number of fused-ring (bicyclic) bond motifs is 1. The highest BCUT2D eigenvalue weighted by Crippen LogP contribution is 2.27. The molecule has 1 aliphatic rings. The molecule has 4 nitrogen and oxygen atoms in total. The first kappa shape index (κ1) is 14.8. The van der Waals surface area contributed by atoms with Crippen LogP contribution >= 0.6 is 0 Å². The summed E-state index contributed by atoms with van der Waals surface area (Å²) in [5.74, 6) is -0.233. The lowest BCUT2D eigenvalue weighted by Crippen LogP contribution is -2.41. The zero-order chi connectivity index (χ0) is 15.7. The van der Waals surface area contributed by atoms with E-state index in [4.69, 9.17) is 5.73 Å². The highest BCUT2D eigenvalue weighted by atomic mass is 19.1. The monoisotopic (exact) mass is 301 g/mol. The predicted molar refractivity (Wildman–Crippen MR) is 85.8 cm³/mol. The van der Waals surface area contributed by atoms with Gasteiger partial charge < -0.3 is 10.6 Å². The summed E-state index contributed by atoms with van der Waals surface area (Å²) in [5.41, 5.74) is 9.93. The van der Waals surface area contributed by atoms with Crippen LogP contribution in [0.5, 0.6) is 0 Å². The van der Waals surface area contributed by atoms with Crippen LogP contribution in [0.4, 0.5) is 15.8 Å². The lowest BCUT2D eigenvalue weighted by atomic mass is 9.97. The van der Waals surface area contributed by atoms with Crippen molar-refractivity contribution in [2.75, 3.05) is 23.6 Å². The number of hydrogen-bond donors (Lipinski definition) is 2. The van der Waals surface area contributed by atoms with Crippen molar-refractivity contribution in [3.05, 3.63) is 59.4 Å². The molecule has 0 bridgehead atoms. The van der Waals surface area contributed by atoms with Gasteiger partial charge in [-0.05, 0) is 47.9 Å². The van der Waals surface area contributed by atoms with Gasteiger partial charge in [0, 0.05) is 25.3 Å². The molecule has 0 amide bonds. The van der Waals surface area contributed by atoms with Crippen molar-refractivity contribution < 1.29 is 9.60 Å². The molecule has 0 aliphatic carbocycles. The summed E-state index contributed by atoms with van der Waals surface area (Å²) in [5, 5.41) is 11.1. The summed E-state index contributed by atoms with van der Waals surface area (Å²) in [6, 6.07) is 12.4. The van der Waals surface area contributed by atoms with E-state index in [9.17, 15) is 9.60 Å². The number of anilines is 2. The Morgan fingerprint density at radius 2 is 2.00 bits per heavy atom. The average Bonchev–Trinajstić information content (AvgIpc) is 2.47. The van der Waals surface area contributed by atoms with E-state index >= 15 is 0 Å². The van der Waals surface area contributed by atoms with Gasteiger partial charge >= 0.3 is 0 Å². The van der Waals surface area contributed by atoms with Gasteiger partial charge in [-0.1, -0.05) is 12.1 Å². The number of nitrogens with two attached hydrogens (primary N) is 1. The van der Waals surface area contributed by atoms with E-state index in [0.717, 1.165) is 28.9 Å². The first-order valence-corrected chi connectivity index (χ1v) is 7.33. The van der Waals surface area contributed by atoms with E-state index in [-0.39, 0.29) is 11.9 Å². The van der Waals surface area contributed by atoms with Crippen LogP contribution in [0.1, 0.15) is 11.1 Å². The van der Waals surface area contributed by atoms with Gasteiger partial charge in [-0.25, -0.2) is 4.39 Å². The lowest BCUT2D eigenvalue weighted by Gasteiger charge is -2.30. The maximum atomic E-state index is 13.0. The van der Waals surface area contributed by atoms with Crippen LogP contribution in [0.3, 0.4) is 0 Å². The average molecular weight is 301 g/mol. The van der Waals surface area contributed by atoms with Crippen molar-refractivity contribution in [1.29, 1.82) is 0 Å². The Morgan fingerprint density at radius 3 is 2.73 bits per heavy atom. The molecule has 3 rings (SSSR count). The maximum absolute atomic E-state index is 13.0. The van der Waals surface area contributed by atoms with E-state index in [2.05, 4.69) is 11.0 Å². The Kier molecular flexibility index (Phi) is 4.00. The summed E-state index contributed by atoms with van der Waals surface area (Å²) >= 11 is 0. The smallest absolute Gasteiger partial charge is 0.123 e. The second-order valence-electron chi connectivity index (χ2n) is 5.84. The normalized spacial score (nSPS) is 17.3. The number of halogens is 1. The first-order valence-electron chi connectivity index (χ1n) is 7.33. The third kappa shape index (κ3) is 3.05. The third-order valence-corrected chi connectivity index (χ3v) is 4.00. The highest BCUT2D eigenvalue weighted by Gasteiger charge is 2.21. The molecule has 1 aliphatic heterocycles. The number of hydrogen-bond acceptors (Lipinski definition) is 4. The van der Waals surface area contributed by atoms with Gasteiger partial charge in [0.25, 0.3) is 0 Å². The Morgan fingerprint density at radius 1 is 1.27 bits per heavy atom. The van der Waals surface area contributed by atoms with Gasteiger partial charge in [0.1, 0.15) is 5.82 Å². The van der Waals surface area contributed by atoms with Crippen molar-refractivity contribution in [2.45, 2.75) is 19.0 Å². The van der Waals surface area contributed by atoms with Crippen LogP contribution in [0, 0.1) is 5.82 Å². The van der Waals surface area contributed by atoms with Gasteiger partial charge in [0.2, 0.25) is 0 Å². The zero-order valence-corrected chi connectivity index (χ0v) is 12.5. The molecule has 116 valence electrons. The molecule has 1 atom stereocenters. The standard InChI is InChI=1S/C17H20FN3O/c1-20(16-5-3-14(18)4-6-16)10-12-2-7-17-13(8-12)9-15(19)11-21(17)22/h2-8,15,22H,9-11,19H2,1H3/t15-/m0/s1. The van der Waals surface area contributed by atoms with Crippen LogP contribution in [0.15, 0.2) is 42.5 Å². The molecule has 1 heterocycles. The lowest BCUT2D eigenvalue weighted by molar-refractivity contribution is 0.238. The summed E-state index contributed by atoms with van der Waals surface area (Å²) in [7, 11) is 1.97. The van der Waals surface area contributed by atoms with Crippen LogP contribution in [0.25, 0.3) is 0 Å². The molecule has 2 aromatic rings. The topological polar surface area (TPSA) is 52.7 Å². The molecule has 2 aromatic carbocycles. The quantitative estimate of drug-likeness (QED) is 0.915. The molecule has 3 N–H and O–H groups in total. The fraction of sp³-hybridized carbons (Fsp3) is 0.294. The summed E-state index contributed by atoms with van der Waals surface area (Å²) < 4.78 is 13.0. The Hall–Kier alpha value is -2.11. The zero-order valence-electron chi connectivity index (χ0n) is 12.5. The van der Waals surface area contributed by atoms with Gasteiger partial charge in [-0.3, -0.25) is 10.3 Å². The Labute approximate surface area is 129 Å². The van der Waals surface area contributed by atoms with Crippen molar-refractivity contribution in [3.8, 4) is 0 Å². The van der Waals surface area contributed by atoms with E-state index < -0.39 is 0 Å². The molecule has 0 radical (unpaired) electrons. The molecular formula is C17H20FN3O. The fourth-order valence-corrected chi connectivity index (χ4v) is 2.88. The van der Waals surface area contributed by atoms with E-state index in [1.807, 2.05) is 19.2 Å². The molecule has 0 saturated carbocycles. The van der Waals surface area contributed by atoms with Crippen molar-refractivity contribution in [3.63, 3.8) is 0 Å². The van der Waals surface area contributed by atoms with E-state index in [0.29, 0.717) is 13.1 Å². The summed E-state index contributed by atoms with van der Waals surface area (Å²) in [6.07, 6.45) is 0.764. The molecule has 0 unspecified atom stereocenters. The third-order valence-electron chi connectivity index (χ3n) is 4.00. The van der Waals surface area contributed by atoms with Gasteiger partial charge in [0.15, 0.2) is 0 Å². The minimum atomic E-state index is -0.233. The van der Waals surface area contributed by atoms with Crippen molar-refractivity contribution >= 4 is 11.4 Å². The van der Waals surface area contributed by atoms with Crippen molar-refractivity contribution in [2.24, 2.45) is 5.73 Å². The van der Waals surface area contributed by atoms with Gasteiger partial charge in [-0.2, -0.15) is 0 Å². The van der Waals surface area contributed by atoms with E-state index in [1.165, 1.54) is 17.2 Å². The molecule has 5 heteroatoms. The fourth-order valence-electron chi connectivity index (χ4n) is 2.88.